The Hall–Kier alpha value is -2.44. The summed E-state index contributed by atoms with van der Waals surface area (Å²) >= 11 is 0. The molecule has 6 rings (SSSR count). The predicted molar refractivity (Wildman–Crippen MR) is 150 cm³/mol. The second-order valence-corrected chi connectivity index (χ2v) is 9.79. The fourth-order valence-electron chi connectivity index (χ4n) is 4.16. The van der Waals surface area contributed by atoms with Crippen molar-refractivity contribution in [1.82, 2.24) is 0 Å². The Morgan fingerprint density at radius 3 is 1.76 bits per heavy atom. The van der Waals surface area contributed by atoms with Gasteiger partial charge in [0.05, 0.1) is 0 Å². The van der Waals surface area contributed by atoms with Crippen LogP contribution in [0.4, 0.5) is 0 Å². The Morgan fingerprint density at radius 2 is 1.24 bits per heavy atom. The molecule has 0 bridgehead atoms. The summed E-state index contributed by atoms with van der Waals surface area (Å²) in [6, 6.07) is 47.3. The molecule has 0 unspecified atom stereocenters. The third-order valence-electron chi connectivity index (χ3n) is 6.08. The van der Waals surface area contributed by atoms with Crippen molar-refractivity contribution in [3.8, 4) is 11.1 Å². The van der Waals surface area contributed by atoms with E-state index < -0.39 is 0 Å². The van der Waals surface area contributed by atoms with E-state index in [-0.39, 0.29) is 51.0 Å². The summed E-state index contributed by atoms with van der Waals surface area (Å²) in [6.07, 6.45) is 3.21. The first-order valence-electron chi connectivity index (χ1n) is 12.3. The molecule has 38 heavy (non-hydrogen) atoms. The van der Waals surface area contributed by atoms with Gasteiger partial charge in [0.2, 0.25) is 0 Å². The van der Waals surface area contributed by atoms with E-state index >= 15 is 0 Å². The van der Waals surface area contributed by atoms with E-state index in [1.807, 2.05) is 18.2 Å². The molecular formula is C35H33Cl2Zr-3. The number of halogens is 2. The fourth-order valence-corrected chi connectivity index (χ4v) is 4.16. The van der Waals surface area contributed by atoms with Gasteiger partial charge in [0.25, 0.3) is 0 Å². The van der Waals surface area contributed by atoms with Crippen molar-refractivity contribution in [3.63, 3.8) is 0 Å². The van der Waals surface area contributed by atoms with Crippen molar-refractivity contribution in [3.05, 3.63) is 168 Å². The molecule has 1 aliphatic carbocycles. The molecule has 0 saturated heterocycles. The Bertz CT molecular complexity index is 1220. The summed E-state index contributed by atoms with van der Waals surface area (Å²) in [4.78, 5) is 0. The largest absolute Gasteiger partial charge is 2.00 e. The summed E-state index contributed by atoms with van der Waals surface area (Å²) in [5.74, 6) is 0. The molecule has 0 saturated carbocycles. The van der Waals surface area contributed by atoms with E-state index in [0.29, 0.717) is 5.41 Å². The molecule has 0 atom stereocenters. The van der Waals surface area contributed by atoms with Crippen LogP contribution in [-0.4, -0.2) is 0 Å². The van der Waals surface area contributed by atoms with Crippen molar-refractivity contribution in [2.24, 2.45) is 0 Å². The van der Waals surface area contributed by atoms with Crippen molar-refractivity contribution in [1.29, 1.82) is 0 Å². The first-order chi connectivity index (χ1) is 17.0. The Balaban J connectivity index is 0.000000279. The molecule has 194 valence electrons. The topological polar surface area (TPSA) is 0 Å². The maximum Gasteiger partial charge on any atom is 2.00 e. The van der Waals surface area contributed by atoms with E-state index in [1.165, 1.54) is 38.9 Å². The fraction of sp³-hybridized carbons (Fsp3) is 0.143. The van der Waals surface area contributed by atoms with Crippen LogP contribution in [0.5, 0.6) is 0 Å². The maximum atomic E-state index is 3.30. The zero-order valence-electron chi connectivity index (χ0n) is 22.2. The van der Waals surface area contributed by atoms with Crippen molar-refractivity contribution in [2.45, 2.75) is 32.6 Å². The summed E-state index contributed by atoms with van der Waals surface area (Å²) in [5, 5.41) is 0. The van der Waals surface area contributed by atoms with Crippen LogP contribution in [0.2, 0.25) is 0 Å². The number of benzene rings is 4. The maximum absolute atomic E-state index is 3.30. The first-order valence-corrected chi connectivity index (χ1v) is 12.3. The molecule has 5 aromatic rings. The first kappa shape index (κ1) is 33.6. The van der Waals surface area contributed by atoms with Gasteiger partial charge in [0, 0.05) is 0 Å². The predicted octanol–water partition coefficient (Wildman–Crippen LogP) is 3.05. The van der Waals surface area contributed by atoms with Gasteiger partial charge >= 0.3 is 26.2 Å². The molecule has 0 N–H and O–H groups in total. The van der Waals surface area contributed by atoms with Gasteiger partial charge in [-0.05, 0) is 6.42 Å². The number of fused-ring (bicyclic) bond motifs is 3. The molecule has 0 nitrogen and oxygen atoms in total. The molecule has 1 aliphatic rings. The number of hydrogen-bond donors (Lipinski definition) is 0. The minimum Gasteiger partial charge on any atom is -1.00 e. The monoisotopic (exact) mass is 613 g/mol. The Morgan fingerprint density at radius 1 is 0.684 bits per heavy atom. The Kier molecular flexibility index (Phi) is 14.6. The van der Waals surface area contributed by atoms with Crippen LogP contribution in [0, 0.1) is 12.5 Å². The molecule has 0 aromatic heterocycles. The Labute approximate surface area is 260 Å². The average molecular weight is 616 g/mol. The van der Waals surface area contributed by atoms with Crippen LogP contribution in [0.25, 0.3) is 11.1 Å². The molecule has 0 heterocycles. The van der Waals surface area contributed by atoms with E-state index in [2.05, 4.69) is 142 Å². The van der Waals surface area contributed by atoms with Crippen LogP contribution in [0.3, 0.4) is 0 Å². The molecular weight excluding hydrogens is 583 g/mol. The normalized spacial score (nSPS) is 10.3. The number of hydrogen-bond acceptors (Lipinski definition) is 0. The van der Waals surface area contributed by atoms with Crippen LogP contribution in [-0.2, 0) is 38.0 Å². The van der Waals surface area contributed by atoms with Gasteiger partial charge in [-0.2, -0.15) is 53.6 Å². The van der Waals surface area contributed by atoms with Crippen LogP contribution in [0.1, 0.15) is 48.6 Å². The summed E-state index contributed by atoms with van der Waals surface area (Å²) in [6.45, 7) is 6.67. The van der Waals surface area contributed by atoms with Crippen LogP contribution >= 0.6 is 0 Å². The second kappa shape index (κ2) is 16.5. The van der Waals surface area contributed by atoms with Gasteiger partial charge in [-0.3, -0.25) is 0 Å². The molecule has 5 aromatic carbocycles. The molecule has 0 amide bonds. The SMILES string of the molecule is CC(C)(C)c1cc[cH-]c1.[Cl-].[Cl-].[Zr+2].[c-]1cccc2c1Cc1ccccc1-2.c1ccc([CH-]c2ccccc2)cc1. The molecule has 0 spiro atoms. The van der Waals surface area contributed by atoms with Gasteiger partial charge < -0.3 is 24.8 Å². The van der Waals surface area contributed by atoms with Gasteiger partial charge in [-0.25, -0.2) is 6.07 Å². The number of rotatable bonds is 2. The quantitative estimate of drug-likeness (QED) is 0.263. The zero-order valence-corrected chi connectivity index (χ0v) is 26.1. The zero-order chi connectivity index (χ0) is 24.5. The van der Waals surface area contributed by atoms with Crippen molar-refractivity contribution >= 4 is 0 Å². The van der Waals surface area contributed by atoms with Crippen molar-refractivity contribution in [2.75, 3.05) is 0 Å². The third-order valence-corrected chi connectivity index (χ3v) is 6.08. The van der Waals surface area contributed by atoms with Gasteiger partial charge in [-0.1, -0.05) is 98.0 Å². The summed E-state index contributed by atoms with van der Waals surface area (Å²) < 4.78 is 0. The van der Waals surface area contributed by atoms with Gasteiger partial charge in [-0.15, -0.1) is 47.4 Å². The van der Waals surface area contributed by atoms with Crippen LogP contribution in [0.15, 0.2) is 127 Å². The molecule has 3 heteroatoms. The van der Waals surface area contributed by atoms with E-state index in [1.54, 1.807) is 0 Å². The van der Waals surface area contributed by atoms with E-state index in [0.717, 1.165) is 6.42 Å². The van der Waals surface area contributed by atoms with E-state index in [4.69, 9.17) is 0 Å². The standard InChI is InChI=1S/C13H9.C13H11.C9H13.2ClH.Zr/c1-3-7-12-10(5-1)9-11-6-2-4-8-13(11)12;1-3-7-12(8-4-1)11-13-9-5-2-6-10-13;1-9(2,3)8-6-4-5-7-8;;;/h1-5,7-8H,9H2;1-11H;4-7H,1-3H3;2*1H;/q3*-1;;;+2/p-2. The van der Waals surface area contributed by atoms with E-state index in [9.17, 15) is 0 Å². The summed E-state index contributed by atoms with van der Waals surface area (Å²) in [7, 11) is 0. The second-order valence-electron chi connectivity index (χ2n) is 9.79. The smallest absolute Gasteiger partial charge is 1.00 e. The molecule has 0 aliphatic heterocycles. The van der Waals surface area contributed by atoms with Gasteiger partial charge in [0.1, 0.15) is 0 Å². The average Bonchev–Trinajstić information content (AvgIpc) is 3.55. The molecule has 0 radical (unpaired) electrons. The van der Waals surface area contributed by atoms with Crippen molar-refractivity contribution < 1.29 is 51.0 Å². The van der Waals surface area contributed by atoms with Crippen LogP contribution < -0.4 is 24.8 Å². The third kappa shape index (κ3) is 9.70. The summed E-state index contributed by atoms with van der Waals surface area (Å²) in [5.41, 5.74) is 9.74. The minimum atomic E-state index is 0. The molecule has 0 fully saturated rings. The van der Waals surface area contributed by atoms with Gasteiger partial charge in [0.15, 0.2) is 0 Å². The minimum absolute atomic E-state index is 0.